The van der Waals surface area contributed by atoms with Crippen LogP contribution in [-0.4, -0.2) is 71.2 Å². The average molecular weight is 518 g/mol. The van der Waals surface area contributed by atoms with E-state index in [0.29, 0.717) is 54.5 Å². The van der Waals surface area contributed by atoms with E-state index in [1.165, 1.54) is 11.0 Å². The molecule has 1 aromatic heterocycles. The Hall–Kier alpha value is -2.59. The van der Waals surface area contributed by atoms with Gasteiger partial charge in [0.1, 0.15) is 12.0 Å². The van der Waals surface area contributed by atoms with Gasteiger partial charge in [0, 0.05) is 44.7 Å². The van der Waals surface area contributed by atoms with Gasteiger partial charge in [0.25, 0.3) is 0 Å². The number of imide groups is 1. The van der Waals surface area contributed by atoms with Gasteiger partial charge in [-0.1, -0.05) is 6.92 Å². The van der Waals surface area contributed by atoms with E-state index in [2.05, 4.69) is 15.3 Å². The number of likely N-dealkylation sites (tertiary alicyclic amines) is 1. The zero-order chi connectivity index (χ0) is 26.2. The van der Waals surface area contributed by atoms with Crippen LogP contribution in [0.2, 0.25) is 0 Å². The molecule has 1 saturated carbocycles. The first kappa shape index (κ1) is 26.0. The number of hydrogen-bond donors (Lipinski definition) is 1. The van der Waals surface area contributed by atoms with E-state index < -0.39 is 18.0 Å². The van der Waals surface area contributed by atoms with Gasteiger partial charge in [0.05, 0.1) is 11.1 Å². The van der Waals surface area contributed by atoms with Crippen molar-refractivity contribution in [2.45, 2.75) is 82.0 Å². The number of nitrogens with one attached hydrogen (secondary N) is 1. The smallest absolute Gasteiger partial charge is 0.329 e. The summed E-state index contributed by atoms with van der Waals surface area (Å²) in [5.41, 5.74) is 1.18. The van der Waals surface area contributed by atoms with Crippen LogP contribution in [0.3, 0.4) is 0 Å². The van der Waals surface area contributed by atoms with Gasteiger partial charge in [-0.2, -0.15) is 5.10 Å². The Kier molecular flexibility index (Phi) is 7.49. The first-order valence-corrected chi connectivity index (χ1v) is 13.6. The summed E-state index contributed by atoms with van der Waals surface area (Å²) >= 11 is 0. The van der Waals surface area contributed by atoms with E-state index in [0.717, 1.165) is 51.8 Å². The fourth-order valence-corrected chi connectivity index (χ4v) is 6.65. The molecular formula is C27H37F2N5O3. The van der Waals surface area contributed by atoms with Crippen LogP contribution in [0, 0.1) is 5.82 Å². The maximum absolute atomic E-state index is 15.5. The van der Waals surface area contributed by atoms with E-state index in [1.807, 2.05) is 6.92 Å². The molecule has 1 spiro atoms. The Balaban J connectivity index is 1.32. The lowest BCUT2D eigenvalue weighted by atomic mass is 9.78. The normalized spacial score (nSPS) is 26.0. The zero-order valence-electron chi connectivity index (χ0n) is 21.7. The fourth-order valence-electron chi connectivity index (χ4n) is 6.65. The second-order valence-corrected chi connectivity index (χ2v) is 10.8. The number of fused-ring (bicyclic) bond motifs is 1. The Morgan fingerprint density at radius 1 is 1.30 bits per heavy atom. The molecule has 8 nitrogen and oxygen atoms in total. The molecule has 0 radical (unpaired) electrons. The maximum Gasteiger partial charge on any atom is 0.329 e. The number of urea groups is 1. The lowest BCUT2D eigenvalue weighted by Gasteiger charge is -2.45. The lowest BCUT2D eigenvalue weighted by Crippen LogP contribution is -2.52. The van der Waals surface area contributed by atoms with E-state index >= 15 is 8.78 Å². The van der Waals surface area contributed by atoms with Crippen molar-refractivity contribution in [2.75, 3.05) is 31.1 Å². The monoisotopic (exact) mass is 517 g/mol. The number of hydrogen-bond acceptors (Lipinski definition) is 5. The van der Waals surface area contributed by atoms with Crippen LogP contribution in [-0.2, 0) is 16.6 Å². The Morgan fingerprint density at radius 2 is 2.08 bits per heavy atom. The fraction of sp³-hybridized carbons (Fsp3) is 0.667. The van der Waals surface area contributed by atoms with Crippen LogP contribution in [0.5, 0.6) is 0 Å². The Bertz CT molecular complexity index is 1140. The lowest BCUT2D eigenvalue weighted by molar-refractivity contribution is -0.108. The average Bonchev–Trinajstić information content (AvgIpc) is 3.47. The largest absolute Gasteiger partial charge is 0.375 e. The van der Waals surface area contributed by atoms with E-state index in [-0.39, 0.29) is 17.6 Å². The molecule has 0 bridgehead atoms. The Morgan fingerprint density at radius 3 is 2.73 bits per heavy atom. The Labute approximate surface area is 216 Å². The highest BCUT2D eigenvalue weighted by Gasteiger charge is 2.43. The van der Waals surface area contributed by atoms with Gasteiger partial charge >= 0.3 is 6.03 Å². The highest BCUT2D eigenvalue weighted by molar-refractivity contribution is 6.03. The van der Waals surface area contributed by atoms with Crippen molar-refractivity contribution in [2.24, 2.45) is 7.05 Å². The van der Waals surface area contributed by atoms with Gasteiger partial charge in [-0.25, -0.2) is 13.6 Å². The quantitative estimate of drug-likeness (QED) is 0.574. The number of nitrogens with zero attached hydrogens (tertiary/aromatic N) is 4. The minimum absolute atomic E-state index is 0.0145. The zero-order valence-corrected chi connectivity index (χ0v) is 21.7. The third-order valence-electron chi connectivity index (χ3n) is 8.62. The summed E-state index contributed by atoms with van der Waals surface area (Å²) < 4.78 is 38.6. The summed E-state index contributed by atoms with van der Waals surface area (Å²) in [5.74, 6) is -0.332. The maximum atomic E-state index is 15.5. The first-order chi connectivity index (χ1) is 17.9. The van der Waals surface area contributed by atoms with E-state index in [4.69, 9.17) is 4.74 Å². The highest BCUT2D eigenvalue weighted by Crippen LogP contribution is 2.42. The molecule has 2 aliphatic heterocycles. The van der Waals surface area contributed by atoms with Crippen molar-refractivity contribution < 1.29 is 23.1 Å². The minimum Gasteiger partial charge on any atom is -0.375 e. The summed E-state index contributed by atoms with van der Waals surface area (Å²) in [7, 11) is 1.74. The standard InChI is InChI=1S/C27H37F2N5O3/c1-3-10-34(26(36)30-17-35)25-20-15-21(28)19(16-24(20)32(2)31-25)18-5-6-23(22(29)14-18)33-11-8-27(9-12-33)7-4-13-37-27/h15-18,22-23H,3-14H2,1-2H3,(H,30,35,36)/t18-,22?,23?/m0/s1. The van der Waals surface area contributed by atoms with Crippen molar-refractivity contribution in [3.8, 4) is 0 Å². The third-order valence-corrected chi connectivity index (χ3v) is 8.62. The number of aromatic nitrogens is 2. The number of carbonyl (C=O) groups excluding carboxylic acids is 2. The number of amides is 3. The van der Waals surface area contributed by atoms with Gasteiger partial charge in [-0.05, 0) is 75.0 Å². The molecule has 10 heteroatoms. The molecule has 3 heterocycles. The molecule has 2 saturated heterocycles. The predicted molar refractivity (Wildman–Crippen MR) is 137 cm³/mol. The molecule has 3 fully saturated rings. The van der Waals surface area contributed by atoms with Crippen LogP contribution in [0.15, 0.2) is 12.1 Å². The molecule has 2 aromatic rings. The third kappa shape index (κ3) is 4.97. The predicted octanol–water partition coefficient (Wildman–Crippen LogP) is 4.41. The van der Waals surface area contributed by atoms with Gasteiger partial charge in [-0.15, -0.1) is 0 Å². The van der Waals surface area contributed by atoms with Crippen LogP contribution < -0.4 is 10.2 Å². The summed E-state index contributed by atoms with van der Waals surface area (Å²) in [6.07, 6.45) is 5.82. The number of ether oxygens (including phenoxy) is 1. The molecule has 1 aliphatic carbocycles. The van der Waals surface area contributed by atoms with E-state index in [9.17, 15) is 9.59 Å². The number of aryl methyl sites for hydroxylation is 1. The van der Waals surface area contributed by atoms with E-state index in [1.54, 1.807) is 17.8 Å². The molecule has 3 amide bonds. The van der Waals surface area contributed by atoms with Crippen LogP contribution >= 0.6 is 0 Å². The summed E-state index contributed by atoms with van der Waals surface area (Å²) in [5, 5.41) is 7.09. The van der Waals surface area contributed by atoms with Crippen molar-refractivity contribution in [3.63, 3.8) is 0 Å². The molecular weight excluding hydrogens is 480 g/mol. The molecule has 1 aromatic carbocycles. The minimum atomic E-state index is -1.01. The topological polar surface area (TPSA) is 79.7 Å². The summed E-state index contributed by atoms with van der Waals surface area (Å²) in [4.78, 5) is 26.9. The van der Waals surface area contributed by atoms with Crippen LogP contribution in [0.1, 0.15) is 69.8 Å². The molecule has 2 unspecified atom stereocenters. The van der Waals surface area contributed by atoms with Gasteiger partial charge < -0.3 is 4.74 Å². The van der Waals surface area contributed by atoms with Crippen molar-refractivity contribution in [3.05, 3.63) is 23.5 Å². The number of benzene rings is 1. The number of halogens is 2. The number of anilines is 1. The first-order valence-electron chi connectivity index (χ1n) is 13.6. The number of carbonyl (C=O) groups is 2. The molecule has 3 atom stereocenters. The second-order valence-electron chi connectivity index (χ2n) is 10.8. The van der Waals surface area contributed by atoms with Crippen molar-refractivity contribution >= 4 is 29.2 Å². The van der Waals surface area contributed by atoms with Crippen LogP contribution in [0.4, 0.5) is 19.4 Å². The summed E-state index contributed by atoms with van der Waals surface area (Å²) in [6.45, 7) is 4.79. The number of alkyl halides is 1. The highest BCUT2D eigenvalue weighted by atomic mass is 19.1. The van der Waals surface area contributed by atoms with Gasteiger partial charge in [-0.3, -0.25) is 24.6 Å². The molecule has 3 aliphatic rings. The number of piperidine rings is 1. The molecule has 37 heavy (non-hydrogen) atoms. The van der Waals surface area contributed by atoms with Crippen molar-refractivity contribution in [1.29, 1.82) is 0 Å². The van der Waals surface area contributed by atoms with Crippen LogP contribution in [0.25, 0.3) is 10.9 Å². The molecule has 1 N–H and O–H groups in total. The molecule has 5 rings (SSSR count). The number of rotatable bonds is 6. The SMILES string of the molecule is CCCN(C(=O)NC=O)c1nn(C)c2cc([C@H]3CCC(N4CCC5(CCCO5)CC4)C(F)C3)c(F)cc12. The van der Waals surface area contributed by atoms with Crippen molar-refractivity contribution in [1.82, 2.24) is 20.0 Å². The summed E-state index contributed by atoms with van der Waals surface area (Å²) in [6, 6.07) is 2.42. The van der Waals surface area contributed by atoms with Gasteiger partial charge in [0.2, 0.25) is 6.41 Å². The second kappa shape index (κ2) is 10.6. The molecule has 202 valence electrons. The van der Waals surface area contributed by atoms with Gasteiger partial charge in [0.15, 0.2) is 5.82 Å².